The van der Waals surface area contributed by atoms with E-state index in [1.54, 1.807) is 25.3 Å². The van der Waals surface area contributed by atoms with Gasteiger partial charge in [-0.25, -0.2) is 5.43 Å². The van der Waals surface area contributed by atoms with Gasteiger partial charge >= 0.3 is 0 Å². The third-order valence-electron chi connectivity index (χ3n) is 4.27. The zero-order valence-electron chi connectivity index (χ0n) is 16.3. The highest BCUT2D eigenvalue weighted by Gasteiger charge is 2.15. The summed E-state index contributed by atoms with van der Waals surface area (Å²) in [7, 11) is 1.57. The van der Waals surface area contributed by atoms with Gasteiger partial charge < -0.3 is 9.47 Å². The van der Waals surface area contributed by atoms with Gasteiger partial charge in [0, 0.05) is 5.56 Å². The Kier molecular flexibility index (Phi) is 7.70. The fraction of sp³-hybridized carbons (Fsp3) is 0.524. The van der Waals surface area contributed by atoms with Crippen LogP contribution in [0.25, 0.3) is 0 Å². The first kappa shape index (κ1) is 20.0. The Hall–Kier alpha value is -2.30. The van der Waals surface area contributed by atoms with Crippen molar-refractivity contribution in [2.45, 2.75) is 65.4 Å². The molecule has 142 valence electrons. The molecule has 0 aromatic heterocycles. The van der Waals surface area contributed by atoms with Crippen LogP contribution in [0.2, 0.25) is 0 Å². The second kappa shape index (κ2) is 10.00. The van der Waals surface area contributed by atoms with Crippen molar-refractivity contribution in [3.05, 3.63) is 35.4 Å². The SMILES string of the molecule is CCCCCC1=CCC/C1=N/NC(=O)c1ccc(OC(C)C)c(OC)c1. The second-order valence-corrected chi connectivity index (χ2v) is 6.76. The maximum atomic E-state index is 12.4. The first-order valence-electron chi connectivity index (χ1n) is 9.46. The standard InChI is InChI=1S/C21H30N2O3/c1-5-6-7-9-16-10-8-11-18(16)22-23-21(24)17-12-13-19(26-15(2)3)20(14-17)25-4/h10,12-15H,5-9,11H2,1-4H3,(H,23,24)/b22-18-. The Balaban J connectivity index is 2.02. The number of hydrazone groups is 1. The highest BCUT2D eigenvalue weighted by atomic mass is 16.5. The molecular weight excluding hydrogens is 328 g/mol. The number of carbonyl (C=O) groups excluding carboxylic acids is 1. The van der Waals surface area contributed by atoms with Gasteiger partial charge in [-0.1, -0.05) is 25.8 Å². The van der Waals surface area contributed by atoms with Gasteiger partial charge in [-0.15, -0.1) is 0 Å². The predicted octanol–water partition coefficient (Wildman–Crippen LogP) is 4.87. The molecular formula is C21H30N2O3. The molecule has 0 heterocycles. The van der Waals surface area contributed by atoms with Crippen LogP contribution in [-0.2, 0) is 0 Å². The number of benzene rings is 1. The zero-order chi connectivity index (χ0) is 18.9. The number of amides is 1. The molecule has 0 radical (unpaired) electrons. The molecule has 5 heteroatoms. The van der Waals surface area contributed by atoms with Crippen LogP contribution in [0.3, 0.4) is 0 Å². The Morgan fingerprint density at radius 1 is 1.27 bits per heavy atom. The number of allylic oxidation sites excluding steroid dienone is 2. The van der Waals surface area contributed by atoms with E-state index < -0.39 is 0 Å². The van der Waals surface area contributed by atoms with Crippen molar-refractivity contribution in [1.82, 2.24) is 5.43 Å². The third-order valence-corrected chi connectivity index (χ3v) is 4.27. The van der Waals surface area contributed by atoms with Crippen molar-refractivity contribution in [3.8, 4) is 11.5 Å². The van der Waals surface area contributed by atoms with Gasteiger partial charge in [-0.3, -0.25) is 4.79 Å². The van der Waals surface area contributed by atoms with E-state index in [4.69, 9.17) is 9.47 Å². The topological polar surface area (TPSA) is 59.9 Å². The minimum atomic E-state index is -0.244. The molecule has 1 aliphatic carbocycles. The Morgan fingerprint density at radius 3 is 2.77 bits per heavy atom. The lowest BCUT2D eigenvalue weighted by molar-refractivity contribution is 0.0954. The normalized spacial score (nSPS) is 15.3. The van der Waals surface area contributed by atoms with Gasteiger partial charge in [0.2, 0.25) is 0 Å². The fourth-order valence-corrected chi connectivity index (χ4v) is 2.94. The lowest BCUT2D eigenvalue weighted by Crippen LogP contribution is -2.20. The summed E-state index contributed by atoms with van der Waals surface area (Å²) in [5, 5.41) is 4.36. The maximum Gasteiger partial charge on any atom is 0.271 e. The Bertz CT molecular complexity index is 678. The Morgan fingerprint density at radius 2 is 2.08 bits per heavy atom. The van der Waals surface area contributed by atoms with E-state index >= 15 is 0 Å². The summed E-state index contributed by atoms with van der Waals surface area (Å²) < 4.78 is 11.0. The fourth-order valence-electron chi connectivity index (χ4n) is 2.94. The molecule has 5 nitrogen and oxygen atoms in total. The van der Waals surface area contributed by atoms with Gasteiger partial charge in [0.1, 0.15) is 0 Å². The summed E-state index contributed by atoms with van der Waals surface area (Å²) in [6.07, 6.45) is 8.81. The summed E-state index contributed by atoms with van der Waals surface area (Å²) in [6.45, 7) is 6.09. The van der Waals surface area contributed by atoms with E-state index in [2.05, 4.69) is 23.5 Å². The van der Waals surface area contributed by atoms with Crippen molar-refractivity contribution < 1.29 is 14.3 Å². The number of nitrogens with zero attached hydrogens (tertiary/aromatic N) is 1. The smallest absolute Gasteiger partial charge is 0.271 e. The number of ether oxygens (including phenoxy) is 2. The number of unbranched alkanes of at least 4 members (excludes halogenated alkanes) is 2. The summed E-state index contributed by atoms with van der Waals surface area (Å²) in [4.78, 5) is 12.4. The van der Waals surface area contributed by atoms with E-state index in [1.165, 1.54) is 24.8 Å². The number of nitrogens with one attached hydrogen (secondary N) is 1. The molecule has 1 aliphatic rings. The molecule has 0 bridgehead atoms. The molecule has 0 atom stereocenters. The molecule has 1 aromatic rings. The lowest BCUT2D eigenvalue weighted by atomic mass is 10.1. The first-order chi connectivity index (χ1) is 12.5. The quantitative estimate of drug-likeness (QED) is 0.506. The molecule has 1 aromatic carbocycles. The third kappa shape index (κ3) is 5.61. The van der Waals surface area contributed by atoms with Crippen molar-refractivity contribution in [2.75, 3.05) is 7.11 Å². The summed E-state index contributed by atoms with van der Waals surface area (Å²) >= 11 is 0. The number of methoxy groups -OCH3 is 1. The monoisotopic (exact) mass is 358 g/mol. The van der Waals surface area contributed by atoms with Crippen molar-refractivity contribution in [3.63, 3.8) is 0 Å². The number of hydrogen-bond donors (Lipinski definition) is 1. The molecule has 1 amide bonds. The molecule has 0 unspecified atom stereocenters. The summed E-state index contributed by atoms with van der Waals surface area (Å²) in [5.74, 6) is 0.925. The predicted molar refractivity (Wildman–Crippen MR) is 105 cm³/mol. The molecule has 0 saturated heterocycles. The summed E-state index contributed by atoms with van der Waals surface area (Å²) in [5.41, 5.74) is 5.46. The van der Waals surface area contributed by atoms with Crippen LogP contribution in [-0.4, -0.2) is 24.8 Å². The van der Waals surface area contributed by atoms with Gasteiger partial charge in [-0.05, 0) is 63.3 Å². The molecule has 0 spiro atoms. The summed E-state index contributed by atoms with van der Waals surface area (Å²) in [6, 6.07) is 5.16. The van der Waals surface area contributed by atoms with Gasteiger partial charge in [-0.2, -0.15) is 5.10 Å². The van der Waals surface area contributed by atoms with Crippen molar-refractivity contribution >= 4 is 11.6 Å². The zero-order valence-corrected chi connectivity index (χ0v) is 16.3. The Labute approximate surface area is 156 Å². The highest BCUT2D eigenvalue weighted by molar-refractivity contribution is 6.03. The highest BCUT2D eigenvalue weighted by Crippen LogP contribution is 2.29. The van der Waals surface area contributed by atoms with Crippen LogP contribution in [0.5, 0.6) is 11.5 Å². The van der Waals surface area contributed by atoms with Crippen molar-refractivity contribution in [2.24, 2.45) is 5.10 Å². The average molecular weight is 358 g/mol. The van der Waals surface area contributed by atoms with E-state index in [-0.39, 0.29) is 12.0 Å². The average Bonchev–Trinajstić information content (AvgIpc) is 3.07. The molecule has 0 aliphatic heterocycles. The van der Waals surface area contributed by atoms with E-state index in [9.17, 15) is 4.79 Å². The number of rotatable bonds is 9. The van der Waals surface area contributed by atoms with Gasteiger partial charge in [0.05, 0.1) is 18.9 Å². The largest absolute Gasteiger partial charge is 0.493 e. The van der Waals surface area contributed by atoms with Crippen LogP contribution >= 0.6 is 0 Å². The van der Waals surface area contributed by atoms with Gasteiger partial charge in [0.25, 0.3) is 5.91 Å². The number of hydrogen-bond acceptors (Lipinski definition) is 4. The van der Waals surface area contributed by atoms with E-state index in [1.807, 2.05) is 13.8 Å². The minimum Gasteiger partial charge on any atom is -0.493 e. The van der Waals surface area contributed by atoms with Crippen LogP contribution in [0, 0.1) is 0 Å². The molecule has 0 saturated carbocycles. The first-order valence-corrected chi connectivity index (χ1v) is 9.46. The van der Waals surface area contributed by atoms with E-state index in [0.29, 0.717) is 17.1 Å². The maximum absolute atomic E-state index is 12.4. The molecule has 0 fully saturated rings. The molecule has 2 rings (SSSR count). The lowest BCUT2D eigenvalue weighted by Gasteiger charge is -2.14. The van der Waals surface area contributed by atoms with E-state index in [0.717, 1.165) is 25.0 Å². The van der Waals surface area contributed by atoms with Crippen molar-refractivity contribution in [1.29, 1.82) is 0 Å². The molecule has 26 heavy (non-hydrogen) atoms. The van der Waals surface area contributed by atoms with Crippen LogP contribution in [0.15, 0.2) is 34.9 Å². The second-order valence-electron chi connectivity index (χ2n) is 6.76. The molecule has 1 N–H and O–H groups in total. The van der Waals surface area contributed by atoms with Crippen LogP contribution in [0.1, 0.15) is 69.7 Å². The number of carbonyl (C=O) groups is 1. The minimum absolute atomic E-state index is 0.0373. The van der Waals surface area contributed by atoms with Crippen LogP contribution in [0.4, 0.5) is 0 Å². The van der Waals surface area contributed by atoms with Gasteiger partial charge in [0.15, 0.2) is 11.5 Å². The van der Waals surface area contributed by atoms with Crippen LogP contribution < -0.4 is 14.9 Å².